The van der Waals surface area contributed by atoms with E-state index in [0.29, 0.717) is 0 Å². The van der Waals surface area contributed by atoms with Crippen LogP contribution in [-0.4, -0.2) is 16.8 Å². The van der Waals surface area contributed by atoms with Crippen molar-refractivity contribution in [2.24, 2.45) is 0 Å². The maximum atomic E-state index is 6.00. The van der Waals surface area contributed by atoms with Crippen molar-refractivity contribution < 1.29 is 4.42 Å². The lowest BCUT2D eigenvalue weighted by molar-refractivity contribution is 0.465. The molecule has 0 saturated heterocycles. The number of fused-ring (bicyclic) bond motifs is 1. The van der Waals surface area contributed by atoms with Gasteiger partial charge in [-0.3, -0.25) is 4.68 Å². The molecule has 0 amide bonds. The van der Waals surface area contributed by atoms with Gasteiger partial charge in [-0.25, -0.2) is 0 Å². The zero-order valence-corrected chi connectivity index (χ0v) is 12.1. The summed E-state index contributed by atoms with van der Waals surface area (Å²) in [6.45, 7) is 5.03. The molecule has 3 rings (SSSR count). The van der Waals surface area contributed by atoms with Crippen molar-refractivity contribution in [1.29, 1.82) is 0 Å². The summed E-state index contributed by atoms with van der Waals surface area (Å²) >= 11 is 0. The van der Waals surface area contributed by atoms with Crippen LogP contribution in [0.4, 0.5) is 0 Å². The lowest BCUT2D eigenvalue weighted by Crippen LogP contribution is -2.20. The van der Waals surface area contributed by atoms with Crippen LogP contribution in [0.1, 0.15) is 30.0 Å². The van der Waals surface area contributed by atoms with Crippen LogP contribution in [0.2, 0.25) is 0 Å². The Hall–Kier alpha value is -2.07. The summed E-state index contributed by atoms with van der Waals surface area (Å²) in [5.74, 6) is 0.920. The lowest BCUT2D eigenvalue weighted by Gasteiger charge is -2.14. The number of aryl methyl sites for hydroxylation is 2. The maximum Gasteiger partial charge on any atom is 0.134 e. The highest BCUT2D eigenvalue weighted by Crippen LogP contribution is 2.28. The second kappa shape index (κ2) is 5.13. The summed E-state index contributed by atoms with van der Waals surface area (Å²) < 4.78 is 7.98. The topological polar surface area (TPSA) is 43.0 Å². The molecule has 0 aliphatic carbocycles. The molecule has 2 heterocycles. The molecule has 0 fully saturated rings. The minimum absolute atomic E-state index is 0.0187. The third-order valence-electron chi connectivity index (χ3n) is 3.61. The van der Waals surface area contributed by atoms with E-state index in [4.69, 9.17) is 4.42 Å². The molecule has 4 heteroatoms. The highest BCUT2D eigenvalue weighted by Gasteiger charge is 2.20. The second-order valence-electron chi connectivity index (χ2n) is 4.98. The van der Waals surface area contributed by atoms with Gasteiger partial charge in [0.25, 0.3) is 0 Å². The van der Waals surface area contributed by atoms with Gasteiger partial charge >= 0.3 is 0 Å². The van der Waals surface area contributed by atoms with E-state index in [-0.39, 0.29) is 6.04 Å². The summed E-state index contributed by atoms with van der Waals surface area (Å²) in [5, 5.41) is 8.79. The Morgan fingerprint density at radius 1 is 1.30 bits per heavy atom. The molecule has 1 atom stereocenters. The third-order valence-corrected chi connectivity index (χ3v) is 3.61. The van der Waals surface area contributed by atoms with Gasteiger partial charge in [0.1, 0.15) is 17.4 Å². The summed E-state index contributed by atoms with van der Waals surface area (Å²) in [7, 11) is 1.94. The SMILES string of the molecule is CCn1nccc1C(NC)c1cc2cc(C)ccc2o1. The predicted octanol–water partition coefficient (Wildman–Crippen LogP) is 3.27. The normalized spacial score (nSPS) is 12.9. The van der Waals surface area contributed by atoms with E-state index < -0.39 is 0 Å². The first-order valence-corrected chi connectivity index (χ1v) is 6.92. The molecule has 1 unspecified atom stereocenters. The summed E-state index contributed by atoms with van der Waals surface area (Å²) in [4.78, 5) is 0. The number of rotatable bonds is 4. The molecule has 0 spiro atoms. The quantitative estimate of drug-likeness (QED) is 0.790. The molecular weight excluding hydrogens is 250 g/mol. The Bertz CT molecular complexity index is 726. The average Bonchev–Trinajstić information content (AvgIpc) is 3.05. The van der Waals surface area contributed by atoms with E-state index in [1.165, 1.54) is 5.56 Å². The average molecular weight is 269 g/mol. The molecule has 20 heavy (non-hydrogen) atoms. The van der Waals surface area contributed by atoms with Crippen molar-refractivity contribution in [3.63, 3.8) is 0 Å². The third kappa shape index (κ3) is 2.12. The maximum absolute atomic E-state index is 6.00. The van der Waals surface area contributed by atoms with E-state index >= 15 is 0 Å². The van der Waals surface area contributed by atoms with Crippen LogP contribution in [-0.2, 0) is 6.54 Å². The fourth-order valence-electron chi connectivity index (χ4n) is 2.61. The molecule has 1 N–H and O–H groups in total. The smallest absolute Gasteiger partial charge is 0.134 e. The summed E-state index contributed by atoms with van der Waals surface area (Å²) in [6.07, 6.45) is 1.83. The van der Waals surface area contributed by atoms with Crippen LogP contribution in [0.5, 0.6) is 0 Å². The number of furan rings is 1. The van der Waals surface area contributed by atoms with Crippen LogP contribution in [0, 0.1) is 6.92 Å². The van der Waals surface area contributed by atoms with Crippen LogP contribution in [0.3, 0.4) is 0 Å². The molecular formula is C16H19N3O. The van der Waals surface area contributed by atoms with Gasteiger partial charge in [0.05, 0.1) is 5.69 Å². The van der Waals surface area contributed by atoms with E-state index in [2.05, 4.69) is 42.5 Å². The van der Waals surface area contributed by atoms with Crippen LogP contribution < -0.4 is 5.32 Å². The van der Waals surface area contributed by atoms with Gasteiger partial charge in [-0.2, -0.15) is 5.10 Å². The van der Waals surface area contributed by atoms with Crippen LogP contribution >= 0.6 is 0 Å². The van der Waals surface area contributed by atoms with E-state index in [9.17, 15) is 0 Å². The van der Waals surface area contributed by atoms with Crippen molar-refractivity contribution in [1.82, 2.24) is 15.1 Å². The highest BCUT2D eigenvalue weighted by molar-refractivity contribution is 5.78. The number of aromatic nitrogens is 2. The minimum Gasteiger partial charge on any atom is -0.459 e. The molecule has 3 aromatic rings. The molecule has 1 aromatic carbocycles. The Morgan fingerprint density at radius 2 is 2.15 bits per heavy atom. The zero-order valence-electron chi connectivity index (χ0n) is 12.1. The van der Waals surface area contributed by atoms with Gasteiger partial charge < -0.3 is 9.73 Å². The lowest BCUT2D eigenvalue weighted by atomic mass is 10.1. The van der Waals surface area contributed by atoms with Gasteiger partial charge in [0.2, 0.25) is 0 Å². The van der Waals surface area contributed by atoms with Crippen molar-refractivity contribution in [2.45, 2.75) is 26.4 Å². The first kappa shape index (κ1) is 12.9. The molecule has 0 radical (unpaired) electrons. The van der Waals surface area contributed by atoms with Gasteiger partial charge in [0.15, 0.2) is 0 Å². The number of hydrogen-bond donors (Lipinski definition) is 1. The van der Waals surface area contributed by atoms with Gasteiger partial charge in [-0.05, 0) is 45.2 Å². The molecule has 2 aromatic heterocycles. The Balaban J connectivity index is 2.07. The van der Waals surface area contributed by atoms with Crippen molar-refractivity contribution in [3.05, 3.63) is 53.5 Å². The van der Waals surface area contributed by atoms with Crippen molar-refractivity contribution in [2.75, 3.05) is 7.05 Å². The monoisotopic (exact) mass is 269 g/mol. The van der Waals surface area contributed by atoms with E-state index in [0.717, 1.165) is 29.0 Å². The summed E-state index contributed by atoms with van der Waals surface area (Å²) in [6, 6.07) is 10.4. The molecule has 0 saturated carbocycles. The number of nitrogens with one attached hydrogen (secondary N) is 1. The van der Waals surface area contributed by atoms with Crippen LogP contribution in [0.15, 0.2) is 40.9 Å². The fourth-order valence-corrected chi connectivity index (χ4v) is 2.61. The van der Waals surface area contributed by atoms with Gasteiger partial charge in [0, 0.05) is 18.1 Å². The van der Waals surface area contributed by atoms with Crippen molar-refractivity contribution >= 4 is 11.0 Å². The van der Waals surface area contributed by atoms with E-state index in [1.807, 2.05) is 30.1 Å². The van der Waals surface area contributed by atoms with Gasteiger partial charge in [-0.1, -0.05) is 11.6 Å². The fraction of sp³-hybridized carbons (Fsp3) is 0.312. The van der Waals surface area contributed by atoms with Crippen LogP contribution in [0.25, 0.3) is 11.0 Å². The Morgan fingerprint density at radius 3 is 2.90 bits per heavy atom. The number of hydrogen-bond acceptors (Lipinski definition) is 3. The molecule has 0 aliphatic heterocycles. The molecule has 4 nitrogen and oxygen atoms in total. The number of nitrogens with zero attached hydrogens (tertiary/aromatic N) is 2. The predicted molar refractivity (Wildman–Crippen MR) is 79.8 cm³/mol. The molecule has 0 aliphatic rings. The highest BCUT2D eigenvalue weighted by atomic mass is 16.3. The van der Waals surface area contributed by atoms with Gasteiger partial charge in [-0.15, -0.1) is 0 Å². The number of benzene rings is 1. The Kier molecular flexibility index (Phi) is 3.32. The van der Waals surface area contributed by atoms with Crippen molar-refractivity contribution in [3.8, 4) is 0 Å². The zero-order chi connectivity index (χ0) is 14.1. The molecule has 0 bridgehead atoms. The van der Waals surface area contributed by atoms with E-state index in [1.54, 1.807) is 0 Å². The first-order valence-electron chi connectivity index (χ1n) is 6.92. The first-order chi connectivity index (χ1) is 9.72. The largest absolute Gasteiger partial charge is 0.459 e. The second-order valence-corrected chi connectivity index (χ2v) is 4.98. The Labute approximate surface area is 118 Å². The standard InChI is InChI=1S/C16H19N3O/c1-4-19-13(7-8-18-19)16(17-3)15-10-12-9-11(2)5-6-14(12)20-15/h5-10,16-17H,4H2,1-3H3. The molecule has 104 valence electrons. The minimum atomic E-state index is 0.0187. The summed E-state index contributed by atoms with van der Waals surface area (Å²) in [5.41, 5.74) is 3.28.